The van der Waals surface area contributed by atoms with Crippen molar-refractivity contribution in [2.24, 2.45) is 0 Å². The van der Waals surface area contributed by atoms with Gasteiger partial charge in [-0.25, -0.2) is 0 Å². The average Bonchev–Trinajstić information content (AvgIpc) is 1.39. The van der Waals surface area contributed by atoms with Crippen molar-refractivity contribution in [1.29, 1.82) is 4.07 Å². The van der Waals surface area contributed by atoms with Crippen molar-refractivity contribution in [3.8, 4) is 33.4 Å². The summed E-state index contributed by atoms with van der Waals surface area (Å²) >= 11 is 12.4. The maximum absolute atomic E-state index is 14.0. The minimum Gasteiger partial charge on any atom is -0.399 e. The summed E-state index contributed by atoms with van der Waals surface area (Å²) in [6.07, 6.45) is -14.2. The Labute approximate surface area is 507 Å². The van der Waals surface area contributed by atoms with Crippen LogP contribution in [0.15, 0.2) is 158 Å². The van der Waals surface area contributed by atoms with Crippen molar-refractivity contribution >= 4 is 116 Å². The minimum atomic E-state index is -4.71. The predicted octanol–water partition coefficient (Wildman–Crippen LogP) is 16.8. The van der Waals surface area contributed by atoms with Crippen LogP contribution in [0.5, 0.6) is 0 Å². The lowest BCUT2D eigenvalue weighted by Crippen LogP contribution is -2.15. The SMILES string of the molecule is Cc1cc(N)ccc1-c1ccc(N)cc1C(F)(F)F.Cc1cc(NC(=O)c2ccc(C(=O)Nc3ccc(-c4ccc(N)cc4C)c(C(F)(F)F)c3)cc2)ccc1-c1ccc(N)cc1C(F)(F)F.O=C(Cl)c1ccc(C(=O)Cl)cc1.[2H][B].[3H]F.[3H]P(C)I. The van der Waals surface area contributed by atoms with Gasteiger partial charge in [0.05, 0.1) is 18.0 Å². The second kappa shape index (κ2) is 30.2. The second-order valence-corrected chi connectivity index (χ2v) is 21.7. The van der Waals surface area contributed by atoms with Crippen LogP contribution >= 0.6 is 51.4 Å². The van der Waals surface area contributed by atoms with Crippen LogP contribution in [0.25, 0.3) is 33.4 Å². The summed E-state index contributed by atoms with van der Waals surface area (Å²) in [5.74, 6) is -1.25. The fourth-order valence-corrected chi connectivity index (χ4v) is 8.34. The van der Waals surface area contributed by atoms with Gasteiger partial charge in [-0.15, -0.1) is 0 Å². The van der Waals surface area contributed by atoms with Crippen LogP contribution in [0.2, 0.25) is 0 Å². The third-order valence-electron chi connectivity index (χ3n) is 11.9. The van der Waals surface area contributed by atoms with Crippen molar-refractivity contribution in [1.82, 2.24) is 0 Å². The average molecular weight is 1340 g/mol. The Bertz CT molecular complexity index is 3670. The highest BCUT2D eigenvalue weighted by Crippen LogP contribution is 2.43. The standard InChI is InChI=1S/C36H28F6N4O2.C14H13F3N2.C8H4Cl2O2.CH4IP.BH.FH/c1-19-15-23(43)7-11-27(19)30-14-10-26(18-32(30)36(40,41)42)46-34(48)22-5-3-21(4-6-22)33(47)45-25-9-13-28(20(2)16-25)29-12-8-24(44)17-31(29)35(37,38)39;1-8-6-9(18)2-4-11(8)12-5-3-10(19)7-13(12)14(15,16)17;9-7(11)5-1-2-6(4-3-5)8(10)12;1-3-2;;/h3-18H,43-44H2,1-2H3,(H,45,47)(H,46,48);2-7H,18-19H2,1H3;1-4H;3H,1H3;2*1H/i;;;3T;1D;/hT. The van der Waals surface area contributed by atoms with Crippen molar-refractivity contribution in [2.75, 3.05) is 40.2 Å². The second-order valence-electron chi connectivity index (χ2n) is 17.8. The minimum absolute atomic E-state index is 0.0224. The predicted molar refractivity (Wildman–Crippen MR) is 330 cm³/mol. The Balaban J connectivity index is 0.000000411. The largest absolute Gasteiger partial charge is 0.417 e. The molecule has 2 amide bonds. The fourth-order valence-electron chi connectivity index (χ4n) is 8.09. The Morgan fingerprint density at radius 2 is 0.702 bits per heavy atom. The number of alkyl halides is 9. The maximum Gasteiger partial charge on any atom is 0.417 e. The normalized spacial score (nSPS) is 11.6. The monoisotopic (exact) mass is 1340 g/mol. The molecule has 10 N–H and O–H groups in total. The fraction of sp³-hybridized carbons (Fsp3) is 0.119. The van der Waals surface area contributed by atoms with Crippen molar-refractivity contribution in [2.45, 2.75) is 39.3 Å². The molecule has 0 spiro atoms. The summed E-state index contributed by atoms with van der Waals surface area (Å²) in [6.45, 7) is 6.87. The molecule has 8 aromatic carbocycles. The van der Waals surface area contributed by atoms with E-state index in [1.165, 1.54) is 115 Å². The number of nitrogen functional groups attached to an aromatic ring is 4. The van der Waals surface area contributed by atoms with Crippen molar-refractivity contribution in [3.05, 3.63) is 213 Å². The van der Waals surface area contributed by atoms with Crippen LogP contribution in [-0.2, 0) is 18.5 Å². The molecule has 440 valence electrons. The molecule has 0 saturated heterocycles. The quantitative estimate of drug-likeness (QED) is 0.0205. The molecule has 0 aliphatic heterocycles. The van der Waals surface area contributed by atoms with Crippen LogP contribution < -0.4 is 33.6 Å². The van der Waals surface area contributed by atoms with Gasteiger partial charge in [-0.2, -0.15) is 39.5 Å². The van der Waals surface area contributed by atoms with Gasteiger partial charge in [-0.05, 0) is 223 Å². The molecule has 8 aromatic rings. The molecule has 0 aliphatic carbocycles. The highest BCUT2D eigenvalue weighted by Gasteiger charge is 2.36. The Morgan fingerprint density at radius 1 is 0.464 bits per heavy atom. The molecular formula is C59H51BCl2F10IN6O4P. The summed E-state index contributed by atoms with van der Waals surface area (Å²) in [6, 6.07) is 35.9. The van der Waals surface area contributed by atoms with E-state index >= 15 is 0 Å². The molecular weight excluding hydrogens is 1290 g/mol. The molecule has 0 saturated carbocycles. The van der Waals surface area contributed by atoms with Crippen LogP contribution in [0.3, 0.4) is 0 Å². The van der Waals surface area contributed by atoms with Gasteiger partial charge in [-0.3, -0.25) is 23.9 Å². The molecule has 0 heterocycles. The van der Waals surface area contributed by atoms with Gasteiger partial charge in [0.1, 0.15) is 0 Å². The lowest BCUT2D eigenvalue weighted by Gasteiger charge is -2.17. The van der Waals surface area contributed by atoms with Gasteiger partial charge in [0.2, 0.25) is 0 Å². The smallest absolute Gasteiger partial charge is 0.399 e. The van der Waals surface area contributed by atoms with Gasteiger partial charge in [-0.1, -0.05) is 64.6 Å². The first kappa shape index (κ1) is 65.5. The van der Waals surface area contributed by atoms with Crippen LogP contribution in [-0.4, -0.2) is 41.4 Å². The first-order valence-corrected chi connectivity index (χ1v) is 28.6. The maximum atomic E-state index is 14.0. The van der Waals surface area contributed by atoms with Gasteiger partial charge in [0.15, 0.2) is 0 Å². The lowest BCUT2D eigenvalue weighted by atomic mass is 9.94. The molecule has 8 rings (SSSR count). The van der Waals surface area contributed by atoms with E-state index in [0.717, 1.165) is 18.2 Å². The number of halogens is 13. The lowest BCUT2D eigenvalue weighted by molar-refractivity contribution is -0.137. The van der Waals surface area contributed by atoms with Crippen LogP contribution in [0, 0.1) is 20.8 Å². The van der Waals surface area contributed by atoms with Crippen LogP contribution in [0.4, 0.5) is 78.4 Å². The van der Waals surface area contributed by atoms with E-state index in [4.69, 9.17) is 53.5 Å². The highest BCUT2D eigenvalue weighted by atomic mass is 127. The zero-order valence-corrected chi connectivity index (χ0v) is 49.0. The summed E-state index contributed by atoms with van der Waals surface area (Å²) in [5, 5.41) is 4.03. The number of hydrogen-bond donors (Lipinski definition) is 6. The molecule has 0 aliphatic rings. The number of carbonyl (C=O) groups is 4. The van der Waals surface area contributed by atoms with Crippen molar-refractivity contribution in [3.63, 3.8) is 0 Å². The number of nitrogens with two attached hydrogens (primary N) is 4. The topological polar surface area (TPSA) is 196 Å². The Kier molecular flexibility index (Phi) is 23.6. The Hall–Kier alpha value is -7.66. The van der Waals surface area contributed by atoms with E-state index in [1.54, 1.807) is 45.0 Å². The number of anilines is 6. The van der Waals surface area contributed by atoms with E-state index in [-0.39, 0.29) is 44.9 Å². The zero-order chi connectivity index (χ0) is 65.9. The van der Waals surface area contributed by atoms with Gasteiger partial charge >= 0.3 is 18.5 Å². The van der Waals surface area contributed by atoms with E-state index in [2.05, 4.69) is 42.5 Å². The van der Waals surface area contributed by atoms with E-state index in [0.29, 0.717) is 61.6 Å². The number of carbonyl (C=O) groups excluding carboxylic acids is 4. The molecule has 0 fully saturated rings. The van der Waals surface area contributed by atoms with Crippen LogP contribution in [0.1, 0.15) is 74.8 Å². The highest BCUT2D eigenvalue weighted by molar-refractivity contribution is 14.2. The third kappa shape index (κ3) is 19.2. The molecule has 84 heavy (non-hydrogen) atoms. The molecule has 25 heteroatoms. The van der Waals surface area contributed by atoms with Gasteiger partial charge < -0.3 is 33.6 Å². The zero-order valence-electron chi connectivity index (χ0n) is 47.4. The Morgan fingerprint density at radius 3 is 0.988 bits per heavy atom. The van der Waals surface area contributed by atoms with E-state index in [9.17, 15) is 58.7 Å². The molecule has 1 unspecified atom stereocenters. The summed E-state index contributed by atoms with van der Waals surface area (Å²) in [7, 11) is 3.75. The van der Waals surface area contributed by atoms with E-state index < -0.39 is 63.7 Å². The van der Waals surface area contributed by atoms with Gasteiger partial charge in [0.25, 0.3) is 23.8 Å². The van der Waals surface area contributed by atoms with Gasteiger partial charge in [0, 0.05) is 64.8 Å². The molecule has 0 aromatic heterocycles. The first-order chi connectivity index (χ1) is 40.6. The molecule has 0 bridgehead atoms. The number of hydrogen-bond acceptors (Lipinski definition) is 8. The number of aryl methyl sites for hydroxylation is 3. The number of nitrogens with one attached hydrogen (secondary N) is 2. The van der Waals surface area contributed by atoms with E-state index in [1.807, 2.05) is 6.66 Å². The number of benzene rings is 8. The summed E-state index contributed by atoms with van der Waals surface area (Å²) < 4.78 is 147. The third-order valence-corrected chi connectivity index (χ3v) is 12.3. The number of amides is 2. The molecule has 10 nitrogen and oxygen atoms in total. The molecule has 2 radical (unpaired) electrons. The summed E-state index contributed by atoms with van der Waals surface area (Å²) in [4.78, 5) is 47.0. The van der Waals surface area contributed by atoms with Crippen molar-refractivity contribution < 1.29 is 63.4 Å². The molecule has 1 atom stereocenters. The summed E-state index contributed by atoms with van der Waals surface area (Å²) in [5.41, 5.74) is 24.9. The first-order valence-electron chi connectivity index (χ1n) is 25.1. The number of rotatable bonds is 9.